The number of fused-ring (bicyclic) bond motifs is 2. The Bertz CT molecular complexity index is 422. The van der Waals surface area contributed by atoms with E-state index in [-0.39, 0.29) is 5.44 Å². The van der Waals surface area contributed by atoms with E-state index in [1.54, 1.807) is 17.3 Å². The zero-order valence-corrected chi connectivity index (χ0v) is 14.6. The number of thioether (sulfide) groups is 1. The second kappa shape index (κ2) is 5.43. The maximum absolute atomic E-state index is 9.49. The van der Waals surface area contributed by atoms with E-state index in [0.717, 1.165) is 35.2 Å². The Morgan fingerprint density at radius 3 is 2.68 bits per heavy atom. The molecule has 0 radical (unpaired) electrons. The molecule has 19 heavy (non-hydrogen) atoms. The molecule has 0 aromatic rings. The van der Waals surface area contributed by atoms with Crippen molar-refractivity contribution in [1.82, 2.24) is 0 Å². The quantitative estimate of drug-likeness (QED) is 0.337. The highest BCUT2D eigenvalue weighted by atomic mass is 79.9. The Labute approximate surface area is 133 Å². The number of alkyl halides is 1. The van der Waals surface area contributed by atoms with Crippen LogP contribution in [-0.2, 0) is 0 Å². The van der Waals surface area contributed by atoms with Crippen LogP contribution in [0.3, 0.4) is 0 Å². The summed E-state index contributed by atoms with van der Waals surface area (Å²) in [6, 6.07) is 0. The standard InChI is InChI=1S/C15H21BrOS2/c1-7-3-11-14-13(15(11)14)9(6-19-8(2)17)4-10(7)12(16)5-18/h3-4,8,10-15,17-18H,5-6H2,1-2H3/t8?,10-,11?,12?,13?,14+,15?/m1/s1. The highest BCUT2D eigenvalue weighted by Gasteiger charge is 2.73. The molecule has 0 spiro atoms. The van der Waals surface area contributed by atoms with E-state index in [1.165, 1.54) is 5.57 Å². The molecule has 5 unspecified atom stereocenters. The molecule has 3 aliphatic rings. The average molecular weight is 361 g/mol. The van der Waals surface area contributed by atoms with Gasteiger partial charge in [0, 0.05) is 22.3 Å². The van der Waals surface area contributed by atoms with Crippen LogP contribution in [-0.4, -0.2) is 26.9 Å². The maximum Gasteiger partial charge on any atom is 0.0967 e. The monoisotopic (exact) mass is 360 g/mol. The summed E-state index contributed by atoms with van der Waals surface area (Å²) in [5.74, 6) is 5.84. The first-order valence-electron chi connectivity index (χ1n) is 6.98. The number of aliphatic hydroxyl groups excluding tert-OH is 1. The first-order valence-corrected chi connectivity index (χ1v) is 9.57. The zero-order chi connectivity index (χ0) is 13.7. The van der Waals surface area contributed by atoms with Crippen molar-refractivity contribution in [2.75, 3.05) is 11.5 Å². The van der Waals surface area contributed by atoms with Crippen LogP contribution < -0.4 is 0 Å². The van der Waals surface area contributed by atoms with Gasteiger partial charge in [-0.05, 0) is 37.5 Å². The molecular weight excluding hydrogens is 340 g/mol. The predicted molar refractivity (Wildman–Crippen MR) is 90.0 cm³/mol. The Balaban J connectivity index is 1.79. The fourth-order valence-corrected chi connectivity index (χ4v) is 5.07. The predicted octanol–water partition coefficient (Wildman–Crippen LogP) is 3.75. The van der Waals surface area contributed by atoms with Gasteiger partial charge in [0.1, 0.15) is 0 Å². The summed E-state index contributed by atoms with van der Waals surface area (Å²) >= 11 is 9.85. The summed E-state index contributed by atoms with van der Waals surface area (Å²) < 4.78 is 0. The van der Waals surface area contributed by atoms with E-state index >= 15 is 0 Å². The molecule has 4 heteroatoms. The number of thiol groups is 1. The van der Waals surface area contributed by atoms with E-state index in [0.29, 0.717) is 10.7 Å². The SMILES string of the molecule is CC1=CC2C3C(C(CSC(C)O)=C[C@H]1C(Br)CS)[C@H]23. The summed E-state index contributed by atoms with van der Waals surface area (Å²) in [7, 11) is 0. The van der Waals surface area contributed by atoms with Crippen molar-refractivity contribution < 1.29 is 5.11 Å². The summed E-state index contributed by atoms with van der Waals surface area (Å²) in [4.78, 5) is 0.408. The third-order valence-electron chi connectivity index (χ3n) is 4.74. The van der Waals surface area contributed by atoms with E-state index in [9.17, 15) is 5.11 Å². The minimum atomic E-state index is -0.267. The molecule has 0 aliphatic heterocycles. The summed E-state index contributed by atoms with van der Waals surface area (Å²) in [6.45, 7) is 4.12. The van der Waals surface area contributed by atoms with E-state index < -0.39 is 0 Å². The number of allylic oxidation sites excluding steroid dienone is 3. The number of hydrogen-bond acceptors (Lipinski definition) is 3. The topological polar surface area (TPSA) is 20.2 Å². The fraction of sp³-hybridized carbons (Fsp3) is 0.733. The van der Waals surface area contributed by atoms with Crippen LogP contribution >= 0.6 is 40.3 Å². The lowest BCUT2D eigenvalue weighted by molar-refractivity contribution is 0.284. The van der Waals surface area contributed by atoms with Gasteiger partial charge in [-0.15, -0.1) is 11.8 Å². The van der Waals surface area contributed by atoms with Gasteiger partial charge in [-0.2, -0.15) is 12.6 Å². The van der Waals surface area contributed by atoms with Crippen LogP contribution in [0.4, 0.5) is 0 Å². The van der Waals surface area contributed by atoms with Gasteiger partial charge in [0.05, 0.1) is 5.44 Å². The molecule has 7 atom stereocenters. The molecule has 1 nitrogen and oxygen atoms in total. The summed E-state index contributed by atoms with van der Waals surface area (Å²) in [6.07, 6.45) is 4.97. The number of hydrogen-bond donors (Lipinski definition) is 2. The number of halogens is 1. The van der Waals surface area contributed by atoms with Gasteiger partial charge in [-0.1, -0.05) is 39.2 Å². The Morgan fingerprint density at radius 2 is 2.11 bits per heavy atom. The molecular formula is C15H21BrOS2. The lowest BCUT2D eigenvalue weighted by atomic mass is 9.85. The molecule has 3 aliphatic carbocycles. The van der Waals surface area contributed by atoms with Crippen molar-refractivity contribution in [1.29, 1.82) is 0 Å². The second-order valence-electron chi connectivity index (χ2n) is 6.04. The Hall–Kier alpha value is 0.620. The molecule has 1 N–H and O–H groups in total. The minimum Gasteiger partial charge on any atom is -0.383 e. The Kier molecular flexibility index (Phi) is 4.16. The summed E-state index contributed by atoms with van der Waals surface area (Å²) in [5.41, 5.74) is 2.80. The van der Waals surface area contributed by atoms with Crippen molar-refractivity contribution >= 4 is 40.3 Å². The number of aliphatic hydroxyl groups is 1. The lowest BCUT2D eigenvalue weighted by Crippen LogP contribution is -2.20. The molecule has 0 aromatic carbocycles. The third kappa shape index (κ3) is 2.70. The van der Waals surface area contributed by atoms with Gasteiger partial charge < -0.3 is 5.11 Å². The third-order valence-corrected chi connectivity index (χ3v) is 7.51. The van der Waals surface area contributed by atoms with Crippen LogP contribution in [0.5, 0.6) is 0 Å². The van der Waals surface area contributed by atoms with Crippen molar-refractivity contribution in [2.24, 2.45) is 29.6 Å². The van der Waals surface area contributed by atoms with Crippen LogP contribution in [0.2, 0.25) is 0 Å². The Morgan fingerprint density at radius 1 is 1.42 bits per heavy atom. The van der Waals surface area contributed by atoms with E-state index in [4.69, 9.17) is 0 Å². The first kappa shape index (κ1) is 14.6. The normalized spacial score (nSPS) is 42.3. The lowest BCUT2D eigenvalue weighted by Gasteiger charge is -2.26. The molecule has 2 saturated carbocycles. The van der Waals surface area contributed by atoms with Gasteiger partial charge >= 0.3 is 0 Å². The van der Waals surface area contributed by atoms with Crippen LogP contribution in [0.15, 0.2) is 23.3 Å². The van der Waals surface area contributed by atoms with Crippen molar-refractivity contribution in [3.63, 3.8) is 0 Å². The second-order valence-corrected chi connectivity index (χ2v) is 8.89. The highest BCUT2D eigenvalue weighted by molar-refractivity contribution is 9.09. The minimum absolute atomic E-state index is 0.267. The van der Waals surface area contributed by atoms with Gasteiger partial charge in [0.25, 0.3) is 0 Å². The molecule has 0 saturated heterocycles. The fourth-order valence-electron chi connectivity index (χ4n) is 3.55. The van der Waals surface area contributed by atoms with Crippen LogP contribution in [0.25, 0.3) is 0 Å². The molecule has 0 bridgehead atoms. The van der Waals surface area contributed by atoms with Gasteiger partial charge in [0.2, 0.25) is 0 Å². The summed E-state index contributed by atoms with van der Waals surface area (Å²) in [5, 5.41) is 9.49. The highest BCUT2D eigenvalue weighted by Crippen LogP contribution is 2.77. The van der Waals surface area contributed by atoms with Crippen molar-refractivity contribution in [2.45, 2.75) is 24.1 Å². The molecule has 106 valence electrons. The van der Waals surface area contributed by atoms with Gasteiger partial charge in [0.15, 0.2) is 0 Å². The van der Waals surface area contributed by atoms with Gasteiger partial charge in [-0.25, -0.2) is 0 Å². The van der Waals surface area contributed by atoms with Gasteiger partial charge in [-0.3, -0.25) is 0 Å². The smallest absolute Gasteiger partial charge is 0.0967 e. The molecule has 3 rings (SSSR count). The first-order chi connectivity index (χ1) is 9.04. The zero-order valence-electron chi connectivity index (χ0n) is 11.3. The molecule has 0 amide bonds. The largest absolute Gasteiger partial charge is 0.383 e. The van der Waals surface area contributed by atoms with E-state index in [2.05, 4.69) is 47.6 Å². The molecule has 0 aromatic heterocycles. The van der Waals surface area contributed by atoms with E-state index in [1.807, 2.05) is 6.92 Å². The molecule has 0 heterocycles. The molecule has 2 fully saturated rings. The maximum atomic E-state index is 9.49. The van der Waals surface area contributed by atoms with Crippen molar-refractivity contribution in [3.8, 4) is 0 Å². The number of rotatable bonds is 5. The van der Waals surface area contributed by atoms with Crippen LogP contribution in [0, 0.1) is 29.6 Å². The van der Waals surface area contributed by atoms with Crippen molar-refractivity contribution in [3.05, 3.63) is 23.3 Å². The van der Waals surface area contributed by atoms with Crippen LogP contribution in [0.1, 0.15) is 13.8 Å². The average Bonchev–Trinajstić information content (AvgIpc) is 3.23.